The summed E-state index contributed by atoms with van der Waals surface area (Å²) in [6.07, 6.45) is 3.39. The molecule has 1 aromatic heterocycles. The van der Waals surface area contributed by atoms with Gasteiger partial charge in [-0.15, -0.1) is 0 Å². The standard InChI is InChI=1S/C13H16N4O2/c1-14-13(19)9-17-8-11(7-16-17)15-6-10-4-2-3-5-12(10)18/h2-5,7-8,15,18H,6,9H2,1H3,(H,14,19). The van der Waals surface area contributed by atoms with E-state index in [1.807, 2.05) is 12.1 Å². The average molecular weight is 260 g/mol. The van der Waals surface area contributed by atoms with E-state index in [0.717, 1.165) is 11.3 Å². The summed E-state index contributed by atoms with van der Waals surface area (Å²) in [7, 11) is 1.59. The lowest BCUT2D eigenvalue weighted by Crippen LogP contribution is -2.23. The summed E-state index contributed by atoms with van der Waals surface area (Å²) in [6, 6.07) is 7.13. The van der Waals surface area contributed by atoms with E-state index in [1.165, 1.54) is 0 Å². The first-order valence-electron chi connectivity index (χ1n) is 5.93. The molecule has 0 unspecified atom stereocenters. The Balaban J connectivity index is 1.94. The smallest absolute Gasteiger partial charge is 0.241 e. The van der Waals surface area contributed by atoms with Crippen LogP contribution in [0.15, 0.2) is 36.7 Å². The number of aromatic nitrogens is 2. The molecule has 0 bridgehead atoms. The number of carbonyl (C=O) groups excluding carboxylic acids is 1. The van der Waals surface area contributed by atoms with Crippen molar-refractivity contribution < 1.29 is 9.90 Å². The van der Waals surface area contributed by atoms with Gasteiger partial charge in [-0.3, -0.25) is 9.48 Å². The number of likely N-dealkylation sites (N-methyl/N-ethyl adjacent to an activating group) is 1. The number of benzene rings is 1. The predicted octanol–water partition coefficient (Wildman–Crippen LogP) is 0.947. The molecule has 0 spiro atoms. The Hall–Kier alpha value is -2.50. The molecule has 0 radical (unpaired) electrons. The number of para-hydroxylation sites is 1. The summed E-state index contributed by atoms with van der Waals surface area (Å²) in [5.74, 6) is 0.156. The van der Waals surface area contributed by atoms with Crippen LogP contribution in [0.4, 0.5) is 5.69 Å². The van der Waals surface area contributed by atoms with Gasteiger partial charge in [-0.1, -0.05) is 18.2 Å². The molecular formula is C13H16N4O2. The third-order valence-electron chi connectivity index (χ3n) is 2.69. The molecule has 6 heteroatoms. The van der Waals surface area contributed by atoms with Crippen molar-refractivity contribution in [3.8, 4) is 5.75 Å². The molecule has 2 aromatic rings. The molecule has 1 heterocycles. The second kappa shape index (κ2) is 5.90. The molecule has 0 atom stereocenters. The fourth-order valence-electron chi connectivity index (χ4n) is 1.63. The van der Waals surface area contributed by atoms with Crippen molar-refractivity contribution in [2.24, 2.45) is 0 Å². The topological polar surface area (TPSA) is 79.2 Å². The quantitative estimate of drug-likeness (QED) is 0.747. The largest absolute Gasteiger partial charge is 0.508 e. The Kier molecular flexibility index (Phi) is 4.02. The molecular weight excluding hydrogens is 244 g/mol. The van der Waals surface area contributed by atoms with Crippen LogP contribution in [0, 0.1) is 0 Å². The molecule has 0 fully saturated rings. The summed E-state index contributed by atoms with van der Waals surface area (Å²) < 4.78 is 1.55. The van der Waals surface area contributed by atoms with Crippen molar-refractivity contribution in [2.75, 3.05) is 12.4 Å². The van der Waals surface area contributed by atoms with E-state index in [4.69, 9.17) is 0 Å². The number of carbonyl (C=O) groups is 1. The van der Waals surface area contributed by atoms with Gasteiger partial charge in [0.25, 0.3) is 0 Å². The molecule has 3 N–H and O–H groups in total. The number of phenolic OH excluding ortho intramolecular Hbond substituents is 1. The van der Waals surface area contributed by atoms with E-state index in [-0.39, 0.29) is 18.2 Å². The zero-order valence-corrected chi connectivity index (χ0v) is 10.6. The van der Waals surface area contributed by atoms with Crippen LogP contribution in [0.25, 0.3) is 0 Å². The van der Waals surface area contributed by atoms with Crippen molar-refractivity contribution in [1.82, 2.24) is 15.1 Å². The molecule has 0 aliphatic rings. The molecule has 2 rings (SSSR count). The van der Waals surface area contributed by atoms with E-state index >= 15 is 0 Å². The number of nitrogens with zero attached hydrogens (tertiary/aromatic N) is 2. The van der Waals surface area contributed by atoms with Crippen LogP contribution in [0.1, 0.15) is 5.56 Å². The lowest BCUT2D eigenvalue weighted by atomic mass is 10.2. The molecule has 0 aliphatic heterocycles. The predicted molar refractivity (Wildman–Crippen MR) is 71.7 cm³/mol. The maximum atomic E-state index is 11.2. The Bertz CT molecular complexity index is 565. The van der Waals surface area contributed by atoms with Gasteiger partial charge in [0.05, 0.1) is 11.9 Å². The number of phenols is 1. The number of aromatic hydroxyl groups is 1. The number of amides is 1. The van der Waals surface area contributed by atoms with Crippen molar-refractivity contribution >= 4 is 11.6 Å². The minimum absolute atomic E-state index is 0.102. The number of rotatable bonds is 5. The number of anilines is 1. The van der Waals surface area contributed by atoms with Gasteiger partial charge in [-0.2, -0.15) is 5.10 Å². The number of hydrogen-bond acceptors (Lipinski definition) is 4. The van der Waals surface area contributed by atoms with Crippen LogP contribution in [0.5, 0.6) is 5.75 Å². The fourth-order valence-corrected chi connectivity index (χ4v) is 1.63. The highest BCUT2D eigenvalue weighted by atomic mass is 16.3. The highest BCUT2D eigenvalue weighted by molar-refractivity contribution is 5.75. The van der Waals surface area contributed by atoms with Gasteiger partial charge in [0, 0.05) is 25.4 Å². The molecule has 0 aliphatic carbocycles. The van der Waals surface area contributed by atoms with Crippen LogP contribution in [-0.2, 0) is 17.9 Å². The van der Waals surface area contributed by atoms with Gasteiger partial charge in [0.2, 0.25) is 5.91 Å². The van der Waals surface area contributed by atoms with Crippen molar-refractivity contribution in [3.05, 3.63) is 42.2 Å². The van der Waals surface area contributed by atoms with E-state index in [2.05, 4.69) is 15.7 Å². The SMILES string of the molecule is CNC(=O)Cn1cc(NCc2ccccc2O)cn1. The Labute approximate surface area is 111 Å². The van der Waals surface area contributed by atoms with E-state index in [1.54, 1.807) is 36.3 Å². The first kappa shape index (κ1) is 12.9. The average Bonchev–Trinajstić information content (AvgIpc) is 2.85. The van der Waals surface area contributed by atoms with E-state index in [0.29, 0.717) is 6.54 Å². The van der Waals surface area contributed by atoms with Crippen LogP contribution in [0.3, 0.4) is 0 Å². The summed E-state index contributed by atoms with van der Waals surface area (Å²) in [5, 5.41) is 19.4. The van der Waals surface area contributed by atoms with Crippen LogP contribution in [-0.4, -0.2) is 27.8 Å². The van der Waals surface area contributed by atoms with Crippen molar-refractivity contribution in [2.45, 2.75) is 13.1 Å². The van der Waals surface area contributed by atoms with Crippen molar-refractivity contribution in [1.29, 1.82) is 0 Å². The fraction of sp³-hybridized carbons (Fsp3) is 0.231. The van der Waals surface area contributed by atoms with Gasteiger partial charge in [0.15, 0.2) is 0 Å². The van der Waals surface area contributed by atoms with E-state index < -0.39 is 0 Å². The first-order valence-corrected chi connectivity index (χ1v) is 5.93. The lowest BCUT2D eigenvalue weighted by Gasteiger charge is -2.05. The molecule has 100 valence electrons. The van der Waals surface area contributed by atoms with Gasteiger partial charge in [-0.05, 0) is 6.07 Å². The van der Waals surface area contributed by atoms with Gasteiger partial charge >= 0.3 is 0 Å². The van der Waals surface area contributed by atoms with Gasteiger partial charge in [-0.25, -0.2) is 0 Å². The number of hydrogen-bond donors (Lipinski definition) is 3. The summed E-state index contributed by atoms with van der Waals surface area (Å²) in [4.78, 5) is 11.2. The van der Waals surface area contributed by atoms with Gasteiger partial charge in [0.1, 0.15) is 12.3 Å². The summed E-state index contributed by atoms with van der Waals surface area (Å²) >= 11 is 0. The molecule has 1 aromatic carbocycles. The molecule has 1 amide bonds. The zero-order valence-electron chi connectivity index (χ0n) is 10.6. The Morgan fingerprint density at radius 3 is 2.95 bits per heavy atom. The van der Waals surface area contributed by atoms with Crippen LogP contribution in [0.2, 0.25) is 0 Å². The maximum absolute atomic E-state index is 11.2. The highest BCUT2D eigenvalue weighted by Gasteiger charge is 2.04. The highest BCUT2D eigenvalue weighted by Crippen LogP contribution is 2.17. The third kappa shape index (κ3) is 3.48. The first-order chi connectivity index (χ1) is 9.19. The lowest BCUT2D eigenvalue weighted by molar-refractivity contribution is -0.121. The van der Waals surface area contributed by atoms with Gasteiger partial charge < -0.3 is 15.7 Å². The Morgan fingerprint density at radius 2 is 2.21 bits per heavy atom. The molecule has 19 heavy (non-hydrogen) atoms. The minimum atomic E-state index is -0.102. The Morgan fingerprint density at radius 1 is 1.42 bits per heavy atom. The van der Waals surface area contributed by atoms with E-state index in [9.17, 15) is 9.90 Å². The maximum Gasteiger partial charge on any atom is 0.241 e. The monoisotopic (exact) mass is 260 g/mol. The molecule has 0 saturated carbocycles. The van der Waals surface area contributed by atoms with Crippen molar-refractivity contribution in [3.63, 3.8) is 0 Å². The molecule has 6 nitrogen and oxygen atoms in total. The minimum Gasteiger partial charge on any atom is -0.508 e. The summed E-state index contributed by atoms with van der Waals surface area (Å²) in [5.41, 5.74) is 1.61. The molecule has 0 saturated heterocycles. The normalized spacial score (nSPS) is 10.2. The summed E-state index contributed by atoms with van der Waals surface area (Å²) in [6.45, 7) is 0.688. The second-order valence-corrected chi connectivity index (χ2v) is 4.08. The third-order valence-corrected chi connectivity index (χ3v) is 2.69. The van der Waals surface area contributed by atoms with Crippen LogP contribution < -0.4 is 10.6 Å². The second-order valence-electron chi connectivity index (χ2n) is 4.08. The van der Waals surface area contributed by atoms with Crippen LogP contribution >= 0.6 is 0 Å². The number of nitrogens with one attached hydrogen (secondary N) is 2. The zero-order chi connectivity index (χ0) is 13.7.